The molecule has 0 spiro atoms. The van der Waals surface area contributed by atoms with Gasteiger partial charge in [-0.1, -0.05) is 31.5 Å². The molecule has 0 radical (unpaired) electrons. The van der Waals surface area contributed by atoms with Crippen LogP contribution in [-0.2, 0) is 0 Å². The van der Waals surface area contributed by atoms with Crippen molar-refractivity contribution in [2.75, 3.05) is 7.11 Å². The van der Waals surface area contributed by atoms with Gasteiger partial charge in [0, 0.05) is 6.04 Å². The third-order valence-electron chi connectivity index (χ3n) is 3.10. The number of benzene rings is 2. The van der Waals surface area contributed by atoms with Gasteiger partial charge in [-0.3, -0.25) is 0 Å². The molecule has 0 aliphatic heterocycles. The van der Waals surface area contributed by atoms with Gasteiger partial charge in [-0.15, -0.1) is 12.4 Å². The molecule has 0 aliphatic carbocycles. The van der Waals surface area contributed by atoms with Crippen molar-refractivity contribution in [3.63, 3.8) is 0 Å². The van der Waals surface area contributed by atoms with Gasteiger partial charge in [0.25, 0.3) is 0 Å². The fraction of sp³-hybridized carbons (Fsp3) is 0.333. The summed E-state index contributed by atoms with van der Waals surface area (Å²) in [7, 11) is 1.69. The monoisotopic (exact) mass is 265 g/mol. The van der Waals surface area contributed by atoms with E-state index in [0.29, 0.717) is 0 Å². The molecule has 0 saturated carbocycles. The summed E-state index contributed by atoms with van der Waals surface area (Å²) >= 11 is 0. The number of fused-ring (bicyclic) bond motifs is 1. The Morgan fingerprint density at radius 3 is 2.44 bits per heavy atom. The van der Waals surface area contributed by atoms with Crippen LogP contribution in [0.1, 0.15) is 31.4 Å². The first-order chi connectivity index (χ1) is 8.24. The van der Waals surface area contributed by atoms with Crippen molar-refractivity contribution in [3.05, 3.63) is 42.0 Å². The normalized spacial score (nSPS) is 11.9. The SMILES string of the molecule is CCC[C@@H](N)c1ccc2cc(OC)ccc2c1.Cl. The second-order valence-corrected chi connectivity index (χ2v) is 4.37. The highest BCUT2D eigenvalue weighted by atomic mass is 35.5. The Hall–Kier alpha value is -1.25. The summed E-state index contributed by atoms with van der Waals surface area (Å²) in [5.74, 6) is 0.892. The van der Waals surface area contributed by atoms with Crippen LogP contribution in [0.15, 0.2) is 36.4 Å². The Balaban J connectivity index is 0.00000162. The second kappa shape index (κ2) is 6.62. The van der Waals surface area contributed by atoms with Crippen LogP contribution in [0.4, 0.5) is 0 Å². The molecule has 0 amide bonds. The average Bonchev–Trinajstić information content (AvgIpc) is 2.37. The van der Waals surface area contributed by atoms with E-state index >= 15 is 0 Å². The third kappa shape index (κ3) is 3.15. The fourth-order valence-electron chi connectivity index (χ4n) is 2.08. The maximum Gasteiger partial charge on any atom is 0.119 e. The molecule has 0 saturated heterocycles. The summed E-state index contributed by atoms with van der Waals surface area (Å²) in [6.45, 7) is 2.16. The van der Waals surface area contributed by atoms with Gasteiger partial charge in [-0.2, -0.15) is 0 Å². The molecule has 2 nitrogen and oxygen atoms in total. The van der Waals surface area contributed by atoms with E-state index in [-0.39, 0.29) is 18.4 Å². The van der Waals surface area contributed by atoms with Gasteiger partial charge in [-0.25, -0.2) is 0 Å². The van der Waals surface area contributed by atoms with Crippen molar-refractivity contribution >= 4 is 23.2 Å². The minimum absolute atomic E-state index is 0. The smallest absolute Gasteiger partial charge is 0.119 e. The van der Waals surface area contributed by atoms with E-state index in [4.69, 9.17) is 10.5 Å². The lowest BCUT2D eigenvalue weighted by molar-refractivity contribution is 0.415. The minimum Gasteiger partial charge on any atom is -0.497 e. The molecule has 2 aromatic rings. The number of nitrogens with two attached hydrogens (primary N) is 1. The van der Waals surface area contributed by atoms with Crippen LogP contribution in [0.3, 0.4) is 0 Å². The third-order valence-corrected chi connectivity index (χ3v) is 3.10. The summed E-state index contributed by atoms with van der Waals surface area (Å²) < 4.78 is 5.21. The topological polar surface area (TPSA) is 35.2 Å². The molecule has 1 atom stereocenters. The molecular formula is C15H20ClNO. The van der Waals surface area contributed by atoms with Gasteiger partial charge >= 0.3 is 0 Å². The van der Waals surface area contributed by atoms with E-state index in [1.807, 2.05) is 12.1 Å². The number of rotatable bonds is 4. The van der Waals surface area contributed by atoms with Crippen LogP contribution in [0.25, 0.3) is 10.8 Å². The Morgan fingerprint density at radius 1 is 1.11 bits per heavy atom. The van der Waals surface area contributed by atoms with E-state index in [1.54, 1.807) is 7.11 Å². The van der Waals surface area contributed by atoms with Crippen molar-refractivity contribution in [2.24, 2.45) is 5.73 Å². The zero-order chi connectivity index (χ0) is 12.3. The van der Waals surface area contributed by atoms with Gasteiger partial charge in [0.2, 0.25) is 0 Å². The lowest BCUT2D eigenvalue weighted by Crippen LogP contribution is -2.09. The van der Waals surface area contributed by atoms with Gasteiger partial charge in [-0.05, 0) is 41.0 Å². The second-order valence-electron chi connectivity index (χ2n) is 4.37. The van der Waals surface area contributed by atoms with Gasteiger partial charge in [0.1, 0.15) is 5.75 Å². The number of hydrogen-bond donors (Lipinski definition) is 1. The van der Waals surface area contributed by atoms with E-state index in [2.05, 4.69) is 31.2 Å². The molecule has 2 rings (SSSR count). The largest absolute Gasteiger partial charge is 0.497 e. The van der Waals surface area contributed by atoms with E-state index in [0.717, 1.165) is 18.6 Å². The predicted octanol–water partition coefficient (Wildman–Crippen LogP) is 4.07. The fourth-order valence-corrected chi connectivity index (χ4v) is 2.08. The summed E-state index contributed by atoms with van der Waals surface area (Å²) in [4.78, 5) is 0. The molecule has 2 N–H and O–H groups in total. The van der Waals surface area contributed by atoms with Crippen molar-refractivity contribution in [1.29, 1.82) is 0 Å². The molecule has 3 heteroatoms. The molecule has 0 bridgehead atoms. The van der Waals surface area contributed by atoms with Crippen LogP contribution >= 0.6 is 12.4 Å². The van der Waals surface area contributed by atoms with Crippen molar-refractivity contribution in [2.45, 2.75) is 25.8 Å². The molecule has 98 valence electrons. The summed E-state index contributed by atoms with van der Waals surface area (Å²) in [6.07, 6.45) is 2.14. The van der Waals surface area contributed by atoms with Crippen LogP contribution < -0.4 is 10.5 Å². The molecular weight excluding hydrogens is 246 g/mol. The highest BCUT2D eigenvalue weighted by molar-refractivity contribution is 5.85. The molecule has 0 unspecified atom stereocenters. The molecule has 0 aliphatic rings. The lowest BCUT2D eigenvalue weighted by Gasteiger charge is -2.12. The molecule has 18 heavy (non-hydrogen) atoms. The molecule has 0 fully saturated rings. The molecule has 0 heterocycles. The zero-order valence-corrected chi connectivity index (χ0v) is 11.7. The minimum atomic E-state index is 0. The highest BCUT2D eigenvalue weighted by Gasteiger charge is 2.05. The maximum atomic E-state index is 6.13. The van der Waals surface area contributed by atoms with Crippen molar-refractivity contribution in [1.82, 2.24) is 0 Å². The van der Waals surface area contributed by atoms with Crippen LogP contribution in [0.5, 0.6) is 5.75 Å². The van der Waals surface area contributed by atoms with Gasteiger partial charge < -0.3 is 10.5 Å². The maximum absolute atomic E-state index is 6.13. The van der Waals surface area contributed by atoms with E-state index in [9.17, 15) is 0 Å². The predicted molar refractivity (Wildman–Crippen MR) is 79.6 cm³/mol. The number of ether oxygens (including phenoxy) is 1. The highest BCUT2D eigenvalue weighted by Crippen LogP contribution is 2.25. The summed E-state index contributed by atoms with van der Waals surface area (Å²) in [5, 5.41) is 2.41. The first kappa shape index (κ1) is 14.8. The standard InChI is InChI=1S/C15H19NO.ClH/c1-3-4-15(16)13-6-5-12-10-14(17-2)8-7-11(12)9-13;/h5-10,15H,3-4,16H2,1-2H3;1H/t15-;/m1./s1. The van der Waals surface area contributed by atoms with E-state index < -0.39 is 0 Å². The van der Waals surface area contributed by atoms with Crippen molar-refractivity contribution < 1.29 is 4.74 Å². The number of hydrogen-bond acceptors (Lipinski definition) is 2. The number of methoxy groups -OCH3 is 1. The Kier molecular flexibility index (Phi) is 5.45. The quantitative estimate of drug-likeness (QED) is 0.904. The molecule has 2 aromatic carbocycles. The summed E-state index contributed by atoms with van der Waals surface area (Å²) in [5.41, 5.74) is 7.34. The number of halogens is 1. The molecule has 0 aromatic heterocycles. The Morgan fingerprint density at radius 2 is 1.78 bits per heavy atom. The van der Waals surface area contributed by atoms with Crippen molar-refractivity contribution in [3.8, 4) is 5.75 Å². The van der Waals surface area contributed by atoms with Crippen LogP contribution in [-0.4, -0.2) is 7.11 Å². The van der Waals surface area contributed by atoms with E-state index in [1.165, 1.54) is 16.3 Å². The van der Waals surface area contributed by atoms with Crippen LogP contribution in [0.2, 0.25) is 0 Å². The van der Waals surface area contributed by atoms with Crippen LogP contribution in [0, 0.1) is 0 Å². The lowest BCUT2D eigenvalue weighted by atomic mass is 9.99. The van der Waals surface area contributed by atoms with Gasteiger partial charge in [0.05, 0.1) is 7.11 Å². The Labute approximate surface area is 115 Å². The zero-order valence-electron chi connectivity index (χ0n) is 10.8. The summed E-state index contributed by atoms with van der Waals surface area (Å²) in [6, 6.07) is 12.7. The first-order valence-electron chi connectivity index (χ1n) is 6.08. The average molecular weight is 266 g/mol. The van der Waals surface area contributed by atoms with Gasteiger partial charge in [0.15, 0.2) is 0 Å². The Bertz CT molecular complexity index is 513. The first-order valence-corrected chi connectivity index (χ1v) is 6.08.